The van der Waals surface area contributed by atoms with Gasteiger partial charge < -0.3 is 0 Å². The van der Waals surface area contributed by atoms with Gasteiger partial charge >= 0.3 is 16.9 Å². The third-order valence-electron chi connectivity index (χ3n) is 2.67. The van der Waals surface area contributed by atoms with Gasteiger partial charge in [-0.05, 0) is 34.7 Å². The quantitative estimate of drug-likeness (QED) is 0.354. The number of aromatic nitrogens is 2. The van der Waals surface area contributed by atoms with Crippen LogP contribution in [0.4, 0.5) is 5.69 Å². The highest BCUT2D eigenvalue weighted by Gasteiger charge is 2.16. The lowest BCUT2D eigenvalue weighted by Crippen LogP contribution is -2.32. The maximum absolute atomic E-state index is 12.0. The van der Waals surface area contributed by atoms with E-state index in [1.165, 1.54) is 0 Å². The molecule has 8 nitrogen and oxygen atoms in total. The first kappa shape index (κ1) is 15.1. The molecule has 0 atom stereocenters. The maximum atomic E-state index is 12.0. The molecule has 1 N–H and O–H groups in total. The van der Waals surface area contributed by atoms with E-state index >= 15 is 0 Å². The first-order valence-corrected chi connectivity index (χ1v) is 6.73. The van der Waals surface area contributed by atoms with E-state index in [-0.39, 0.29) is 0 Å². The number of nitro groups is 1. The van der Waals surface area contributed by atoms with Crippen LogP contribution in [0.1, 0.15) is 10.4 Å². The zero-order valence-corrected chi connectivity index (χ0v) is 12.6. The molecule has 0 spiro atoms. The van der Waals surface area contributed by atoms with E-state index in [1.54, 1.807) is 24.3 Å². The fraction of sp³-hybridized carbons (Fsp3) is 0.0833. The normalized spacial score (nSPS) is 10.3. The van der Waals surface area contributed by atoms with E-state index in [9.17, 15) is 24.5 Å². The molecule has 0 amide bonds. The number of hydrogen-bond donors (Lipinski definition) is 1. The molecule has 0 saturated heterocycles. The van der Waals surface area contributed by atoms with Crippen molar-refractivity contribution < 1.29 is 9.72 Å². The molecule has 1 heterocycles. The zero-order valence-electron chi connectivity index (χ0n) is 10.4. The van der Waals surface area contributed by atoms with Gasteiger partial charge in [-0.25, -0.2) is 4.79 Å². The SMILES string of the molecule is O=C(Cn1cc([N+](=O)[O-])c(=O)[nH]c1=O)c1ccc(I)cc1. The molecule has 1 aromatic heterocycles. The smallest absolute Gasteiger partial charge is 0.292 e. The van der Waals surface area contributed by atoms with E-state index in [0.29, 0.717) is 5.56 Å². The van der Waals surface area contributed by atoms with Crippen molar-refractivity contribution in [3.8, 4) is 0 Å². The van der Waals surface area contributed by atoms with Gasteiger partial charge in [-0.3, -0.25) is 29.3 Å². The van der Waals surface area contributed by atoms with Gasteiger partial charge in [-0.1, -0.05) is 12.1 Å². The van der Waals surface area contributed by atoms with Gasteiger partial charge in [0.2, 0.25) is 0 Å². The molecule has 0 unspecified atom stereocenters. The van der Waals surface area contributed by atoms with E-state index in [4.69, 9.17) is 0 Å². The summed E-state index contributed by atoms with van der Waals surface area (Å²) in [6.07, 6.45) is 0.770. The van der Waals surface area contributed by atoms with E-state index in [2.05, 4.69) is 22.6 Å². The predicted octanol–water partition coefficient (Wildman–Crippen LogP) is 0.932. The van der Waals surface area contributed by atoms with E-state index in [0.717, 1.165) is 14.3 Å². The second kappa shape index (κ2) is 5.99. The van der Waals surface area contributed by atoms with Crippen LogP contribution < -0.4 is 11.2 Å². The number of ketones is 1. The molecule has 2 aromatic rings. The number of hydrogen-bond acceptors (Lipinski definition) is 5. The summed E-state index contributed by atoms with van der Waals surface area (Å²) in [6.45, 7) is -0.392. The Labute approximate surface area is 130 Å². The maximum Gasteiger partial charge on any atom is 0.350 e. The Morgan fingerprint density at radius 3 is 2.48 bits per heavy atom. The molecule has 0 aliphatic carbocycles. The Morgan fingerprint density at radius 2 is 1.90 bits per heavy atom. The summed E-state index contributed by atoms with van der Waals surface area (Å²) in [5.74, 6) is -0.394. The second-order valence-electron chi connectivity index (χ2n) is 4.09. The number of nitrogens with one attached hydrogen (secondary N) is 1. The molecular formula is C12H8IN3O5. The van der Waals surface area contributed by atoms with Gasteiger partial charge in [0, 0.05) is 9.13 Å². The summed E-state index contributed by atoms with van der Waals surface area (Å²) in [7, 11) is 0. The number of aromatic amines is 1. The second-order valence-corrected chi connectivity index (χ2v) is 5.33. The molecule has 0 saturated carbocycles. The van der Waals surface area contributed by atoms with Crippen molar-refractivity contribution in [3.05, 3.63) is 70.5 Å². The molecule has 21 heavy (non-hydrogen) atoms. The summed E-state index contributed by atoms with van der Waals surface area (Å²) in [5, 5.41) is 10.7. The van der Waals surface area contributed by atoms with Crippen LogP contribution in [0.25, 0.3) is 0 Å². The molecule has 0 fully saturated rings. The lowest BCUT2D eigenvalue weighted by atomic mass is 10.1. The topological polar surface area (TPSA) is 115 Å². The van der Waals surface area contributed by atoms with E-state index < -0.39 is 34.2 Å². The van der Waals surface area contributed by atoms with E-state index in [1.807, 2.05) is 4.98 Å². The van der Waals surface area contributed by atoms with Gasteiger partial charge in [0.25, 0.3) is 0 Å². The van der Waals surface area contributed by atoms with Crippen LogP contribution in [0.5, 0.6) is 0 Å². The highest BCUT2D eigenvalue weighted by Crippen LogP contribution is 2.08. The molecule has 0 bridgehead atoms. The summed E-state index contributed by atoms with van der Waals surface area (Å²) in [5.41, 5.74) is -2.38. The third kappa shape index (κ3) is 3.42. The summed E-state index contributed by atoms with van der Waals surface area (Å²) < 4.78 is 1.75. The fourth-order valence-electron chi connectivity index (χ4n) is 1.63. The largest absolute Gasteiger partial charge is 0.350 e. The molecule has 1 aromatic carbocycles. The Bertz CT molecular complexity index is 822. The average molecular weight is 401 g/mol. The summed E-state index contributed by atoms with van der Waals surface area (Å²) in [6, 6.07) is 6.64. The lowest BCUT2D eigenvalue weighted by molar-refractivity contribution is -0.386. The Balaban J connectivity index is 2.35. The lowest BCUT2D eigenvalue weighted by Gasteiger charge is -2.04. The molecule has 0 aliphatic rings. The van der Waals surface area contributed by atoms with Crippen molar-refractivity contribution in [2.24, 2.45) is 0 Å². The first-order valence-electron chi connectivity index (χ1n) is 5.65. The Hall–Kier alpha value is -2.30. The molecule has 2 rings (SSSR count). The van der Waals surface area contributed by atoms with Crippen LogP contribution in [-0.4, -0.2) is 20.3 Å². The summed E-state index contributed by atoms with van der Waals surface area (Å²) in [4.78, 5) is 46.4. The minimum Gasteiger partial charge on any atom is -0.292 e. The zero-order chi connectivity index (χ0) is 15.6. The number of halogens is 1. The van der Waals surface area contributed by atoms with Crippen LogP contribution in [0.3, 0.4) is 0 Å². The number of carbonyl (C=O) groups excluding carboxylic acids is 1. The number of H-pyrrole nitrogens is 1. The van der Waals surface area contributed by atoms with Gasteiger partial charge in [0.05, 0.1) is 17.7 Å². The van der Waals surface area contributed by atoms with Gasteiger partial charge in [-0.2, -0.15) is 0 Å². The van der Waals surface area contributed by atoms with Crippen molar-refractivity contribution >= 4 is 34.1 Å². The van der Waals surface area contributed by atoms with Crippen molar-refractivity contribution in [1.82, 2.24) is 9.55 Å². The number of benzene rings is 1. The Morgan fingerprint density at radius 1 is 1.29 bits per heavy atom. The third-order valence-corrected chi connectivity index (χ3v) is 3.39. The fourth-order valence-corrected chi connectivity index (χ4v) is 1.99. The van der Waals surface area contributed by atoms with Gasteiger partial charge in [-0.15, -0.1) is 0 Å². The first-order chi connectivity index (χ1) is 9.88. The van der Waals surface area contributed by atoms with Crippen LogP contribution in [-0.2, 0) is 6.54 Å². The molecular weight excluding hydrogens is 393 g/mol. The van der Waals surface area contributed by atoms with Crippen molar-refractivity contribution in [2.45, 2.75) is 6.54 Å². The average Bonchev–Trinajstić information content (AvgIpc) is 2.42. The molecule has 0 radical (unpaired) electrons. The van der Waals surface area contributed by atoms with Crippen LogP contribution in [0, 0.1) is 13.7 Å². The standard InChI is InChI=1S/C12H8IN3O5/c13-8-3-1-7(2-4-8)10(17)6-15-5-9(16(20)21)11(18)14-12(15)19/h1-5H,6H2,(H,14,18,19). The van der Waals surface area contributed by atoms with Crippen LogP contribution in [0.15, 0.2) is 40.1 Å². The molecule has 9 heteroatoms. The number of carbonyl (C=O) groups is 1. The Kier molecular flexibility index (Phi) is 4.31. The van der Waals surface area contributed by atoms with Gasteiger partial charge in [0.1, 0.15) is 0 Å². The van der Waals surface area contributed by atoms with Gasteiger partial charge in [0.15, 0.2) is 5.78 Å². The summed E-state index contributed by atoms with van der Waals surface area (Å²) >= 11 is 2.08. The number of nitrogens with zero attached hydrogens (tertiary/aromatic N) is 2. The predicted molar refractivity (Wildman–Crippen MR) is 81.5 cm³/mol. The minimum absolute atomic E-state index is 0.371. The van der Waals surface area contributed by atoms with Crippen molar-refractivity contribution in [2.75, 3.05) is 0 Å². The highest BCUT2D eigenvalue weighted by molar-refractivity contribution is 14.1. The highest BCUT2D eigenvalue weighted by atomic mass is 127. The monoisotopic (exact) mass is 401 g/mol. The number of rotatable bonds is 4. The van der Waals surface area contributed by atoms with Crippen LogP contribution in [0.2, 0.25) is 0 Å². The van der Waals surface area contributed by atoms with Crippen molar-refractivity contribution in [3.63, 3.8) is 0 Å². The van der Waals surface area contributed by atoms with Crippen LogP contribution >= 0.6 is 22.6 Å². The van der Waals surface area contributed by atoms with Crippen molar-refractivity contribution in [1.29, 1.82) is 0 Å². The minimum atomic E-state index is -1.09. The molecule has 108 valence electrons. The number of Topliss-reactive ketones (excluding diaryl/α,β-unsaturated/α-hetero) is 1. The molecule has 0 aliphatic heterocycles.